The highest BCUT2D eigenvalue weighted by Gasteiger charge is 2.42. The van der Waals surface area contributed by atoms with Gasteiger partial charge < -0.3 is 5.11 Å². The molecule has 0 saturated heterocycles. The molecule has 96 valence electrons. The minimum atomic E-state index is -5.04. The first kappa shape index (κ1) is 14.0. The van der Waals surface area contributed by atoms with Gasteiger partial charge in [-0.3, -0.25) is 0 Å². The molecule has 1 aromatic carbocycles. The van der Waals surface area contributed by atoms with E-state index in [4.69, 9.17) is 5.11 Å². The molecule has 1 nitrogen and oxygen atoms in total. The summed E-state index contributed by atoms with van der Waals surface area (Å²) >= 11 is 0.608. The third-order valence-corrected chi connectivity index (χ3v) is 2.73. The van der Waals surface area contributed by atoms with Gasteiger partial charge in [0.1, 0.15) is 11.3 Å². The van der Waals surface area contributed by atoms with Crippen LogP contribution < -0.4 is 0 Å². The van der Waals surface area contributed by atoms with Crippen molar-refractivity contribution in [3.05, 3.63) is 23.3 Å². The first-order valence-electron chi connectivity index (χ1n) is 4.13. The maximum atomic E-state index is 12.5. The van der Waals surface area contributed by atoms with Crippen molar-refractivity contribution in [1.82, 2.24) is 0 Å². The zero-order chi connectivity index (χ0) is 13.4. The van der Waals surface area contributed by atoms with E-state index in [2.05, 4.69) is 0 Å². The number of hydrogen-bond donors (Lipinski definition) is 1. The maximum absolute atomic E-state index is 12.5. The van der Waals surface area contributed by atoms with Crippen LogP contribution in [-0.4, -0.2) is 11.4 Å². The van der Waals surface area contributed by atoms with Crippen molar-refractivity contribution in [3.8, 4) is 5.75 Å². The van der Waals surface area contributed by atoms with Crippen molar-refractivity contribution in [3.63, 3.8) is 0 Å². The average Bonchev–Trinajstić information content (AvgIpc) is 2.12. The van der Waals surface area contributed by atoms with E-state index in [-0.39, 0.29) is 0 Å². The lowest BCUT2D eigenvalue weighted by Crippen LogP contribution is -2.12. The van der Waals surface area contributed by atoms with E-state index in [9.17, 15) is 26.3 Å². The maximum Gasteiger partial charge on any atom is 0.421 e. The molecule has 0 aliphatic carbocycles. The SMILES string of the molecule is CSc1ccc(C(F)(F)F)c(O)c1C(F)(F)F. The number of halogens is 6. The third-order valence-electron chi connectivity index (χ3n) is 1.95. The van der Waals surface area contributed by atoms with Crippen molar-refractivity contribution >= 4 is 11.8 Å². The summed E-state index contributed by atoms with van der Waals surface area (Å²) in [5.74, 6) is -1.78. The molecule has 0 saturated carbocycles. The second kappa shape index (κ2) is 4.32. The summed E-state index contributed by atoms with van der Waals surface area (Å²) in [6, 6.07) is 1.12. The second-order valence-electron chi connectivity index (χ2n) is 3.03. The first-order chi connectivity index (χ1) is 7.59. The van der Waals surface area contributed by atoms with Gasteiger partial charge in [-0.1, -0.05) is 0 Å². The van der Waals surface area contributed by atoms with Crippen LogP contribution in [-0.2, 0) is 12.4 Å². The molecule has 0 aliphatic rings. The van der Waals surface area contributed by atoms with Crippen molar-refractivity contribution in [1.29, 1.82) is 0 Å². The fourth-order valence-electron chi connectivity index (χ4n) is 1.25. The molecule has 0 fully saturated rings. The van der Waals surface area contributed by atoms with E-state index in [0.29, 0.717) is 23.9 Å². The molecule has 1 N–H and O–H groups in total. The van der Waals surface area contributed by atoms with Crippen molar-refractivity contribution < 1.29 is 31.4 Å². The number of thioether (sulfide) groups is 1. The van der Waals surface area contributed by atoms with Gasteiger partial charge in [0.05, 0.1) is 5.56 Å². The Balaban J connectivity index is 3.55. The second-order valence-corrected chi connectivity index (χ2v) is 3.88. The largest absolute Gasteiger partial charge is 0.507 e. The summed E-state index contributed by atoms with van der Waals surface area (Å²) in [4.78, 5) is -0.456. The molecule has 0 unspecified atom stereocenters. The standard InChI is InChI=1S/C9H6F6OS/c1-17-5-3-2-4(8(10,11)12)7(16)6(5)9(13,14)15/h2-3,16H,1H3. The van der Waals surface area contributed by atoms with Crippen LogP contribution in [0, 0.1) is 0 Å². The van der Waals surface area contributed by atoms with Gasteiger partial charge in [-0.2, -0.15) is 26.3 Å². The van der Waals surface area contributed by atoms with Crippen LogP contribution in [0.25, 0.3) is 0 Å². The average molecular weight is 276 g/mol. The van der Waals surface area contributed by atoms with Gasteiger partial charge in [-0.25, -0.2) is 0 Å². The van der Waals surface area contributed by atoms with E-state index in [1.54, 1.807) is 0 Å². The Labute approximate surface area is 96.4 Å². The lowest BCUT2D eigenvalue weighted by Gasteiger charge is -2.17. The first-order valence-corrected chi connectivity index (χ1v) is 5.36. The Morgan fingerprint density at radius 3 is 1.88 bits per heavy atom. The quantitative estimate of drug-likeness (QED) is 0.614. The van der Waals surface area contributed by atoms with Crippen LogP contribution in [0.5, 0.6) is 5.75 Å². The number of benzene rings is 1. The normalized spacial score (nSPS) is 12.9. The zero-order valence-electron chi connectivity index (χ0n) is 8.28. The van der Waals surface area contributed by atoms with Gasteiger partial charge in [-0.15, -0.1) is 11.8 Å². The Hall–Kier alpha value is -1.05. The Kier molecular flexibility index (Phi) is 3.56. The molecule has 1 aromatic rings. The number of rotatable bonds is 1. The van der Waals surface area contributed by atoms with Gasteiger partial charge in [0.25, 0.3) is 0 Å². The van der Waals surface area contributed by atoms with E-state index >= 15 is 0 Å². The number of alkyl halides is 6. The van der Waals surface area contributed by atoms with Crippen molar-refractivity contribution in [2.24, 2.45) is 0 Å². The summed E-state index contributed by atoms with van der Waals surface area (Å²) in [5, 5.41) is 9.12. The van der Waals surface area contributed by atoms with Crippen LogP contribution in [0.4, 0.5) is 26.3 Å². The summed E-state index contributed by atoms with van der Waals surface area (Å²) in [6.45, 7) is 0. The van der Waals surface area contributed by atoms with Gasteiger partial charge in [0, 0.05) is 4.90 Å². The molecule has 0 bridgehead atoms. The highest BCUT2D eigenvalue weighted by Crippen LogP contribution is 2.47. The van der Waals surface area contributed by atoms with Crippen LogP contribution in [0.2, 0.25) is 0 Å². The van der Waals surface area contributed by atoms with Crippen LogP contribution in [0.15, 0.2) is 17.0 Å². The van der Waals surface area contributed by atoms with E-state index in [0.717, 1.165) is 0 Å². The highest BCUT2D eigenvalue weighted by molar-refractivity contribution is 7.98. The summed E-state index contributed by atoms with van der Waals surface area (Å²) < 4.78 is 74.5. The Bertz CT molecular complexity index is 423. The molecule has 0 atom stereocenters. The van der Waals surface area contributed by atoms with Gasteiger partial charge >= 0.3 is 12.4 Å². The number of phenols is 1. The lowest BCUT2D eigenvalue weighted by molar-refractivity contribution is -0.146. The minimum absolute atomic E-state index is 0.427. The van der Waals surface area contributed by atoms with Gasteiger partial charge in [0.2, 0.25) is 0 Å². The zero-order valence-corrected chi connectivity index (χ0v) is 9.09. The summed E-state index contributed by atoms with van der Waals surface area (Å²) in [6.07, 6.45) is -8.79. The molecule has 17 heavy (non-hydrogen) atoms. The molecular formula is C9H6F6OS. The Morgan fingerprint density at radius 2 is 1.53 bits per heavy atom. The van der Waals surface area contributed by atoms with E-state index in [1.807, 2.05) is 0 Å². The molecule has 8 heteroatoms. The topological polar surface area (TPSA) is 20.2 Å². The van der Waals surface area contributed by atoms with Crippen LogP contribution >= 0.6 is 11.8 Å². The lowest BCUT2D eigenvalue weighted by atomic mass is 10.1. The predicted octanol–water partition coefficient (Wildman–Crippen LogP) is 4.15. The molecule has 1 rings (SSSR count). The number of hydrogen-bond acceptors (Lipinski definition) is 2. The third kappa shape index (κ3) is 2.80. The fourth-order valence-corrected chi connectivity index (χ4v) is 1.87. The monoisotopic (exact) mass is 276 g/mol. The smallest absolute Gasteiger partial charge is 0.421 e. The molecule has 0 amide bonds. The Morgan fingerprint density at radius 1 is 1.00 bits per heavy atom. The summed E-state index contributed by atoms with van der Waals surface area (Å²) in [7, 11) is 0. The van der Waals surface area contributed by atoms with Crippen molar-refractivity contribution in [2.75, 3.05) is 6.26 Å². The summed E-state index contributed by atoms with van der Waals surface area (Å²) in [5.41, 5.74) is -3.34. The predicted molar refractivity (Wildman–Crippen MR) is 49.9 cm³/mol. The molecule has 0 aromatic heterocycles. The number of phenolic OH excluding ortho intramolecular Hbond substituents is 1. The fraction of sp³-hybridized carbons (Fsp3) is 0.333. The van der Waals surface area contributed by atoms with Crippen LogP contribution in [0.3, 0.4) is 0 Å². The van der Waals surface area contributed by atoms with Gasteiger partial charge in [0.15, 0.2) is 0 Å². The molecule has 0 spiro atoms. The van der Waals surface area contributed by atoms with Crippen molar-refractivity contribution in [2.45, 2.75) is 17.2 Å². The van der Waals surface area contributed by atoms with Gasteiger partial charge in [-0.05, 0) is 18.4 Å². The number of aromatic hydroxyl groups is 1. The van der Waals surface area contributed by atoms with E-state index < -0.39 is 34.1 Å². The van der Waals surface area contributed by atoms with E-state index in [1.165, 1.54) is 6.26 Å². The molecule has 0 radical (unpaired) electrons. The minimum Gasteiger partial charge on any atom is -0.507 e. The molecular weight excluding hydrogens is 270 g/mol. The van der Waals surface area contributed by atoms with Crippen LogP contribution in [0.1, 0.15) is 11.1 Å². The molecule has 0 aliphatic heterocycles. The molecule has 0 heterocycles. The highest BCUT2D eigenvalue weighted by atomic mass is 32.2.